The van der Waals surface area contributed by atoms with Gasteiger partial charge < -0.3 is 15.2 Å². The van der Waals surface area contributed by atoms with Crippen LogP contribution in [0.5, 0.6) is 0 Å². The second kappa shape index (κ2) is 4.97. The molecule has 0 spiro atoms. The lowest BCUT2D eigenvalue weighted by Crippen LogP contribution is -2.31. The molecule has 18 heavy (non-hydrogen) atoms. The zero-order valence-electron chi connectivity index (χ0n) is 10.9. The van der Waals surface area contributed by atoms with Crippen molar-refractivity contribution >= 4 is 11.8 Å². The number of aromatic carboxylic acids is 1. The fraction of sp³-hybridized carbons (Fsp3) is 0.667. The number of nitrogens with zero attached hydrogens (tertiary/aromatic N) is 2. The van der Waals surface area contributed by atoms with E-state index in [4.69, 9.17) is 4.74 Å². The molecule has 6 heteroatoms. The van der Waals surface area contributed by atoms with Gasteiger partial charge in [-0.1, -0.05) is 0 Å². The fourth-order valence-electron chi connectivity index (χ4n) is 2.39. The Bertz CT molecular complexity index is 450. The van der Waals surface area contributed by atoms with Gasteiger partial charge in [0.05, 0.1) is 17.8 Å². The van der Waals surface area contributed by atoms with Crippen molar-refractivity contribution in [1.82, 2.24) is 9.78 Å². The molecule has 1 fully saturated rings. The van der Waals surface area contributed by atoms with Crippen molar-refractivity contribution in [3.8, 4) is 0 Å². The van der Waals surface area contributed by atoms with E-state index in [0.717, 1.165) is 19.4 Å². The van der Waals surface area contributed by atoms with E-state index in [9.17, 15) is 9.90 Å². The van der Waals surface area contributed by atoms with Gasteiger partial charge in [-0.25, -0.2) is 4.79 Å². The highest BCUT2D eigenvalue weighted by Gasteiger charge is 2.26. The van der Waals surface area contributed by atoms with Gasteiger partial charge >= 0.3 is 5.97 Å². The Labute approximate surface area is 106 Å². The van der Waals surface area contributed by atoms with Crippen LogP contribution in [0.3, 0.4) is 0 Å². The fourth-order valence-corrected chi connectivity index (χ4v) is 2.39. The number of hydrogen-bond acceptors (Lipinski definition) is 4. The maximum absolute atomic E-state index is 11.2. The third kappa shape index (κ3) is 2.33. The van der Waals surface area contributed by atoms with Crippen LogP contribution in [0.4, 0.5) is 5.82 Å². The number of carboxylic acids is 1. The molecular formula is C12H19N3O3. The van der Waals surface area contributed by atoms with Crippen LogP contribution in [0.1, 0.15) is 35.8 Å². The second-order valence-electron chi connectivity index (χ2n) is 4.72. The van der Waals surface area contributed by atoms with Crippen molar-refractivity contribution in [2.45, 2.75) is 38.8 Å². The number of aromatic nitrogens is 2. The smallest absolute Gasteiger partial charge is 0.341 e. The van der Waals surface area contributed by atoms with Crippen molar-refractivity contribution < 1.29 is 14.6 Å². The molecule has 100 valence electrons. The highest BCUT2D eigenvalue weighted by atomic mass is 16.5. The van der Waals surface area contributed by atoms with Gasteiger partial charge in [-0.15, -0.1) is 0 Å². The molecule has 0 aliphatic carbocycles. The van der Waals surface area contributed by atoms with Crippen molar-refractivity contribution in [3.05, 3.63) is 11.3 Å². The molecule has 1 aliphatic rings. The zero-order chi connectivity index (χ0) is 13.3. The van der Waals surface area contributed by atoms with Crippen LogP contribution in [0, 0.1) is 6.92 Å². The lowest BCUT2D eigenvalue weighted by molar-refractivity contribution is 0.0696. The lowest BCUT2D eigenvalue weighted by Gasteiger charge is -2.21. The number of carbonyl (C=O) groups is 1. The molecule has 1 saturated heterocycles. The van der Waals surface area contributed by atoms with Gasteiger partial charge in [0.25, 0.3) is 0 Å². The molecule has 0 aromatic carbocycles. The molecule has 0 radical (unpaired) electrons. The third-order valence-electron chi connectivity index (χ3n) is 3.32. The topological polar surface area (TPSA) is 76.4 Å². The molecule has 6 nitrogen and oxygen atoms in total. The SMILES string of the molecule is Cc1nn(C)c(NC(C)C2CCCO2)c1C(=O)O. The molecule has 1 aromatic rings. The summed E-state index contributed by atoms with van der Waals surface area (Å²) in [6.07, 6.45) is 2.21. The summed E-state index contributed by atoms with van der Waals surface area (Å²) in [4.78, 5) is 11.2. The average molecular weight is 253 g/mol. The van der Waals surface area contributed by atoms with E-state index in [1.54, 1.807) is 18.7 Å². The summed E-state index contributed by atoms with van der Waals surface area (Å²) in [5.74, 6) is -0.411. The normalized spacial score (nSPS) is 20.9. The minimum absolute atomic E-state index is 0.0698. The lowest BCUT2D eigenvalue weighted by atomic mass is 10.1. The van der Waals surface area contributed by atoms with Gasteiger partial charge in [-0.05, 0) is 26.7 Å². The molecular weight excluding hydrogens is 234 g/mol. The molecule has 0 amide bonds. The number of aryl methyl sites for hydroxylation is 2. The van der Waals surface area contributed by atoms with Gasteiger partial charge in [0.1, 0.15) is 11.4 Å². The van der Waals surface area contributed by atoms with E-state index >= 15 is 0 Å². The number of anilines is 1. The van der Waals surface area contributed by atoms with E-state index in [0.29, 0.717) is 11.5 Å². The van der Waals surface area contributed by atoms with Gasteiger partial charge in [0, 0.05) is 13.7 Å². The minimum atomic E-state index is -0.956. The Kier molecular flexibility index (Phi) is 3.56. The van der Waals surface area contributed by atoms with Gasteiger partial charge in [0.2, 0.25) is 0 Å². The van der Waals surface area contributed by atoms with Crippen LogP contribution in [-0.2, 0) is 11.8 Å². The Morgan fingerprint density at radius 2 is 2.39 bits per heavy atom. The largest absolute Gasteiger partial charge is 0.477 e. The number of hydrogen-bond donors (Lipinski definition) is 2. The van der Waals surface area contributed by atoms with E-state index in [2.05, 4.69) is 10.4 Å². The standard InChI is InChI=1S/C12H19N3O3/c1-7(9-5-4-6-18-9)13-11-10(12(16)17)8(2)14-15(11)3/h7,9,13H,4-6H2,1-3H3,(H,16,17). The van der Waals surface area contributed by atoms with Crippen molar-refractivity contribution in [1.29, 1.82) is 0 Å². The molecule has 2 atom stereocenters. The average Bonchev–Trinajstić information content (AvgIpc) is 2.87. The second-order valence-corrected chi connectivity index (χ2v) is 4.72. The molecule has 2 rings (SSSR count). The third-order valence-corrected chi connectivity index (χ3v) is 3.32. The van der Waals surface area contributed by atoms with Crippen LogP contribution in [0.25, 0.3) is 0 Å². The van der Waals surface area contributed by atoms with Crippen LogP contribution < -0.4 is 5.32 Å². The molecule has 0 bridgehead atoms. The quantitative estimate of drug-likeness (QED) is 0.848. The summed E-state index contributed by atoms with van der Waals surface area (Å²) in [6, 6.07) is 0.0698. The first-order valence-electron chi connectivity index (χ1n) is 6.15. The first-order valence-corrected chi connectivity index (χ1v) is 6.15. The molecule has 2 unspecified atom stereocenters. The molecule has 0 saturated carbocycles. The van der Waals surface area contributed by atoms with E-state index in [1.165, 1.54) is 0 Å². The van der Waals surface area contributed by atoms with Crippen LogP contribution in [0.15, 0.2) is 0 Å². The van der Waals surface area contributed by atoms with Crippen LogP contribution in [-0.4, -0.2) is 39.6 Å². The Balaban J connectivity index is 2.20. The number of rotatable bonds is 4. The first kappa shape index (κ1) is 12.9. The summed E-state index contributed by atoms with van der Waals surface area (Å²) >= 11 is 0. The van der Waals surface area contributed by atoms with E-state index in [-0.39, 0.29) is 17.7 Å². The van der Waals surface area contributed by atoms with Crippen molar-refractivity contribution in [3.63, 3.8) is 0 Å². The van der Waals surface area contributed by atoms with Crippen molar-refractivity contribution in [2.24, 2.45) is 7.05 Å². The Hall–Kier alpha value is -1.56. The molecule has 1 aromatic heterocycles. The summed E-state index contributed by atoms with van der Waals surface area (Å²) in [6.45, 7) is 4.49. The summed E-state index contributed by atoms with van der Waals surface area (Å²) < 4.78 is 7.17. The predicted octanol–water partition coefficient (Wildman–Crippen LogP) is 1.41. The summed E-state index contributed by atoms with van der Waals surface area (Å²) in [5.41, 5.74) is 0.759. The minimum Gasteiger partial charge on any atom is -0.477 e. The predicted molar refractivity (Wildman–Crippen MR) is 67.0 cm³/mol. The maximum atomic E-state index is 11.2. The van der Waals surface area contributed by atoms with Gasteiger partial charge in [0.15, 0.2) is 0 Å². The molecule has 1 aliphatic heterocycles. The first-order chi connectivity index (χ1) is 8.50. The zero-order valence-corrected chi connectivity index (χ0v) is 10.9. The van der Waals surface area contributed by atoms with E-state index < -0.39 is 5.97 Å². The highest BCUT2D eigenvalue weighted by molar-refractivity contribution is 5.94. The molecule has 2 heterocycles. The summed E-state index contributed by atoms with van der Waals surface area (Å²) in [7, 11) is 1.74. The Morgan fingerprint density at radius 1 is 1.67 bits per heavy atom. The monoisotopic (exact) mass is 253 g/mol. The number of carboxylic acid groups (broad SMARTS) is 1. The maximum Gasteiger partial charge on any atom is 0.341 e. The van der Waals surface area contributed by atoms with Crippen LogP contribution in [0.2, 0.25) is 0 Å². The van der Waals surface area contributed by atoms with E-state index in [1.807, 2.05) is 6.92 Å². The number of ether oxygens (including phenoxy) is 1. The van der Waals surface area contributed by atoms with Crippen LogP contribution >= 0.6 is 0 Å². The summed E-state index contributed by atoms with van der Waals surface area (Å²) in [5, 5.41) is 16.6. The molecule has 2 N–H and O–H groups in total. The highest BCUT2D eigenvalue weighted by Crippen LogP contribution is 2.23. The Morgan fingerprint density at radius 3 is 2.94 bits per heavy atom. The number of nitrogens with one attached hydrogen (secondary N) is 1. The van der Waals surface area contributed by atoms with Crippen molar-refractivity contribution in [2.75, 3.05) is 11.9 Å². The van der Waals surface area contributed by atoms with Gasteiger partial charge in [-0.2, -0.15) is 5.10 Å². The van der Waals surface area contributed by atoms with Gasteiger partial charge in [-0.3, -0.25) is 4.68 Å².